The summed E-state index contributed by atoms with van der Waals surface area (Å²) in [6, 6.07) is 32.0. The van der Waals surface area contributed by atoms with Crippen molar-refractivity contribution < 1.29 is 174 Å². The number of hydrogen-bond donors (Lipinski definition) is 2. The number of ketones is 3. The molecular formula is C82H109N5O40P4. The van der Waals surface area contributed by atoms with Gasteiger partial charge in [0.2, 0.25) is 11.8 Å². The van der Waals surface area contributed by atoms with E-state index < -0.39 is 108 Å². The van der Waals surface area contributed by atoms with E-state index in [1.54, 1.807) is 138 Å². The largest absolute Gasteiger partial charge is 0.538 e. The van der Waals surface area contributed by atoms with Crippen molar-refractivity contribution in [3.63, 3.8) is 0 Å². The fourth-order valence-electron chi connectivity index (χ4n) is 10.1. The molecule has 2 amide bonds. The van der Waals surface area contributed by atoms with Crippen LogP contribution in [0.2, 0.25) is 0 Å². The number of nitrogens with zero attached hydrogens (tertiary/aromatic N) is 3. The maximum atomic E-state index is 12.9. The number of Topliss-reactive ketones (excluding diaryl/α,β-unsaturated/α-hetero) is 3. The van der Waals surface area contributed by atoms with Crippen LogP contribution < -0.4 is 24.8 Å². The topological polar surface area (TPSA) is 577 Å². The Labute approximate surface area is 756 Å². The number of rotatable bonds is 59. The molecule has 0 fully saturated rings. The van der Waals surface area contributed by atoms with Crippen molar-refractivity contribution in [3.8, 4) is 42.3 Å². The van der Waals surface area contributed by atoms with Gasteiger partial charge in [0.1, 0.15) is 47.7 Å². The van der Waals surface area contributed by atoms with Crippen LogP contribution in [0, 0.1) is 55.4 Å². The molecule has 0 aromatic heterocycles. The van der Waals surface area contributed by atoms with Crippen LogP contribution in [0.5, 0.6) is 17.2 Å². The number of carbonyl (C=O) groups excluding carboxylic acids is 10. The number of ether oxygens (including phenoxy) is 5. The lowest BCUT2D eigenvalue weighted by atomic mass is 10.0. The van der Waals surface area contributed by atoms with Crippen LogP contribution in [-0.4, -0.2) is 172 Å². The van der Waals surface area contributed by atoms with Gasteiger partial charge in [-0.3, -0.25) is 83.6 Å². The van der Waals surface area contributed by atoms with Gasteiger partial charge in [-0.2, -0.15) is 0 Å². The van der Waals surface area contributed by atoms with Crippen LogP contribution in [0.15, 0.2) is 121 Å². The number of nitrogens with one attached hydrogen (secondary N) is 2. The molecule has 45 nitrogen and oxygen atoms in total. The SMILES string of the molecule is C#COP(=O)(OCC)OCC(CCC(=O)c1ccccc1OC(C)=O)OP(=O)(OCC)OCC.C#COP(=O)(OCC)OCC(COC(=O)c1ccccc1OC(C)=O)OP(=O)(OCC)OCC.CC(=O)Nc1ccccc1C(=O)CCCCCO[N+](=O)[O-].CC(=O)Nc1ccccc1C(=O)OCCCCO[N+](=O)[O-].CC(=O)Oc1ccccc1C(=O)CCCCCO[N+](=O)[O-]. The molecule has 0 radical (unpaired) electrons. The van der Waals surface area contributed by atoms with Crippen molar-refractivity contribution in [2.75, 3.05) is 96.5 Å². The second kappa shape index (κ2) is 66.6. The summed E-state index contributed by atoms with van der Waals surface area (Å²) in [5.41, 5.74) is 2.12. The molecule has 0 aliphatic carbocycles. The molecule has 0 bridgehead atoms. The summed E-state index contributed by atoms with van der Waals surface area (Å²) < 4.78 is 137. The van der Waals surface area contributed by atoms with E-state index in [0.29, 0.717) is 80.3 Å². The second-order valence-corrected chi connectivity index (χ2v) is 32.0. The Bertz CT molecular complexity index is 4380. The van der Waals surface area contributed by atoms with Crippen molar-refractivity contribution in [2.24, 2.45) is 0 Å². The molecule has 4 unspecified atom stereocenters. The van der Waals surface area contributed by atoms with E-state index in [9.17, 15) is 96.5 Å². The molecule has 2 N–H and O–H groups in total. The molecule has 5 rings (SSSR count). The lowest BCUT2D eigenvalue weighted by Gasteiger charge is -2.24. The molecule has 49 heteroatoms. The van der Waals surface area contributed by atoms with Gasteiger partial charge in [-0.25, -0.2) is 27.8 Å². The van der Waals surface area contributed by atoms with E-state index in [1.165, 1.54) is 71.9 Å². The van der Waals surface area contributed by atoms with Crippen molar-refractivity contribution in [2.45, 2.75) is 165 Å². The van der Waals surface area contributed by atoms with Crippen LogP contribution in [0.4, 0.5) is 11.4 Å². The second-order valence-electron chi connectivity index (χ2n) is 25.5. The zero-order chi connectivity index (χ0) is 98.2. The first-order chi connectivity index (χ1) is 62.2. The minimum absolute atomic E-state index is 0.0158. The van der Waals surface area contributed by atoms with Gasteiger partial charge in [0.15, 0.2) is 17.3 Å². The van der Waals surface area contributed by atoms with Gasteiger partial charge >= 0.3 is 61.1 Å². The molecule has 722 valence electrons. The molecular weight excluding hydrogens is 1820 g/mol. The van der Waals surface area contributed by atoms with Crippen molar-refractivity contribution >= 4 is 102 Å². The smallest absolute Gasteiger partial charge is 0.462 e. The summed E-state index contributed by atoms with van der Waals surface area (Å²) in [7, 11) is -16.4. The zero-order valence-corrected chi connectivity index (χ0v) is 77.6. The Balaban J connectivity index is 0.000000834. The van der Waals surface area contributed by atoms with Crippen LogP contribution in [0.25, 0.3) is 0 Å². The Hall–Kier alpha value is -11.8. The van der Waals surface area contributed by atoms with E-state index >= 15 is 0 Å². The van der Waals surface area contributed by atoms with E-state index in [4.69, 9.17) is 81.8 Å². The Kier molecular flexibility index (Phi) is 59.6. The zero-order valence-electron chi connectivity index (χ0n) is 74.0. The van der Waals surface area contributed by atoms with Gasteiger partial charge in [-0.05, 0) is 147 Å². The summed E-state index contributed by atoms with van der Waals surface area (Å²) in [6.07, 6.45) is 16.0. The number of anilines is 2. The minimum Gasteiger partial charge on any atom is -0.462 e. The van der Waals surface area contributed by atoms with E-state index in [0.717, 1.165) is 0 Å². The molecule has 0 aliphatic heterocycles. The van der Waals surface area contributed by atoms with Crippen LogP contribution >= 0.6 is 31.3 Å². The Morgan fingerprint density at radius 3 is 1.05 bits per heavy atom. The number of phosphoric ester groups is 4. The number of unbranched alkanes of at least 4 members (excludes halogenated alkanes) is 5. The number of terminal acetylenes is 2. The predicted molar refractivity (Wildman–Crippen MR) is 464 cm³/mol. The van der Waals surface area contributed by atoms with E-state index in [1.807, 2.05) is 0 Å². The van der Waals surface area contributed by atoms with E-state index in [-0.39, 0.29) is 148 Å². The first-order valence-electron chi connectivity index (χ1n) is 40.3. The standard InChI is InChI=1S/C21H30O11P2.C20H28O12P2.C14H18N2O5.C14H17NO6.C13H16N2O6/c1-6-26-33(24,27-7-2)30-16-18(32-34(25,28-8-3)29-9-4)14-15-20(23)19-12-10-11-13-21(19)31-17(5)22;1-6-26-33(23,27-7-2)30-15-17(32-34(24,28-8-3)29-9-4)14-25-20(22)18-12-10-11-13-19(18)31-16(5)21;1-11(17)15-13-8-5-4-7-12(13)14(18)9-3-2-6-10-21-16(19)20;1-11(16)21-14-9-5-4-7-12(14)13(17)8-3-2-6-10-20-15(18)19;1-10(16)14-12-7-3-2-6-11(12)13(17)20-8-4-5-9-21-15(18)19/h1,10-13,18H,7-9,14-16H2,2-5H3;1,10-13,17H,7-9,14-15H2,2-5H3;4-5,7-8H,2-3,6,9-10H2,1H3,(H,15,17);4-5,7,9H,2-3,6,8,10H2,1H3;2-3,6-7H,4-5,8-9H2,1H3,(H,14,16). The van der Waals surface area contributed by atoms with Gasteiger partial charge in [-0.1, -0.05) is 86.4 Å². The van der Waals surface area contributed by atoms with Gasteiger partial charge < -0.3 is 57.9 Å². The lowest BCUT2D eigenvalue weighted by molar-refractivity contribution is -0.757. The number of carbonyl (C=O) groups is 10. The fraction of sp³-hybridized carbons (Fsp3) is 0.463. The normalized spacial score (nSPS) is 12.0. The minimum atomic E-state index is -4.18. The maximum absolute atomic E-state index is 12.9. The maximum Gasteiger partial charge on any atom is 0.538 e. The van der Waals surface area contributed by atoms with Gasteiger partial charge in [0.25, 0.3) is 15.3 Å². The average molecular weight is 1930 g/mol. The summed E-state index contributed by atoms with van der Waals surface area (Å²) in [5, 5.41) is 32.4. The summed E-state index contributed by atoms with van der Waals surface area (Å²) in [4.78, 5) is 159. The first kappa shape index (κ1) is 117. The van der Waals surface area contributed by atoms with Crippen molar-refractivity contribution in [3.05, 3.63) is 179 Å². The third-order valence-corrected chi connectivity index (χ3v) is 21.4. The molecule has 0 saturated carbocycles. The highest BCUT2D eigenvalue weighted by Gasteiger charge is 2.37. The molecule has 0 heterocycles. The number of benzene rings is 5. The van der Waals surface area contributed by atoms with Gasteiger partial charge in [0, 0.05) is 59.4 Å². The Morgan fingerprint density at radius 2 is 0.664 bits per heavy atom. The number of para-hydroxylation sites is 5. The average Bonchev–Trinajstić information content (AvgIpc) is 0.839. The van der Waals surface area contributed by atoms with Crippen LogP contribution in [0.1, 0.15) is 205 Å². The summed E-state index contributed by atoms with van der Waals surface area (Å²) in [6.45, 7) is 14.3. The first-order valence-corrected chi connectivity index (χ1v) is 46.1. The monoisotopic (exact) mass is 1930 g/mol. The number of hydrogen-bond acceptors (Lipinski definition) is 40. The quantitative estimate of drug-likeness (QED) is 0.00533. The van der Waals surface area contributed by atoms with Crippen LogP contribution in [0.3, 0.4) is 0 Å². The number of amides is 2. The molecule has 0 spiro atoms. The number of esters is 5. The lowest BCUT2D eigenvalue weighted by Crippen LogP contribution is -2.27. The fourth-order valence-corrected chi connectivity index (χ4v) is 14.7. The predicted octanol–water partition coefficient (Wildman–Crippen LogP) is 16.0. The molecule has 5 aromatic rings. The van der Waals surface area contributed by atoms with Crippen molar-refractivity contribution in [1.82, 2.24) is 0 Å². The number of phosphoric acid groups is 4. The third kappa shape index (κ3) is 52.6. The van der Waals surface area contributed by atoms with Gasteiger partial charge in [0.05, 0.1) is 113 Å². The highest BCUT2D eigenvalue weighted by atomic mass is 31.2. The summed E-state index contributed by atoms with van der Waals surface area (Å²) in [5.74, 6) is -3.89. The van der Waals surface area contributed by atoms with Gasteiger partial charge in [-0.15, -0.1) is 30.3 Å². The van der Waals surface area contributed by atoms with E-state index in [2.05, 4.69) is 34.2 Å². The third-order valence-electron chi connectivity index (χ3n) is 15.2. The molecule has 131 heavy (non-hydrogen) atoms. The highest BCUT2D eigenvalue weighted by Crippen LogP contribution is 2.55. The highest BCUT2D eigenvalue weighted by molar-refractivity contribution is 7.49. The molecule has 5 aromatic carbocycles. The van der Waals surface area contributed by atoms with Crippen LogP contribution in [-0.2, 0) is 121 Å². The summed E-state index contributed by atoms with van der Waals surface area (Å²) >= 11 is 0. The van der Waals surface area contributed by atoms with Crippen molar-refractivity contribution in [1.29, 1.82) is 0 Å². The molecule has 0 aliphatic rings. The Morgan fingerprint density at radius 1 is 0.359 bits per heavy atom. The molecule has 4 atom stereocenters. The molecule has 0 saturated heterocycles.